The molecule has 0 saturated carbocycles. The molecular weight excluding hydrogens is 162 g/mol. The van der Waals surface area contributed by atoms with Gasteiger partial charge in [-0.3, -0.25) is 0 Å². The number of nitrogens with two attached hydrogens (primary N) is 1. The zero-order chi connectivity index (χ0) is 8.10. The lowest BCUT2D eigenvalue weighted by Crippen LogP contribution is -2.10. The van der Waals surface area contributed by atoms with Crippen molar-refractivity contribution < 1.29 is 4.74 Å². The second kappa shape index (κ2) is 4.05. The number of aromatic nitrogens is 2. The lowest BCUT2D eigenvalue weighted by molar-refractivity contribution is 0.325. The van der Waals surface area contributed by atoms with Crippen LogP contribution in [0.1, 0.15) is 0 Å². The van der Waals surface area contributed by atoms with Crippen molar-refractivity contribution in [2.45, 2.75) is 0 Å². The predicted molar refractivity (Wildman–Crippen MR) is 44.0 cm³/mol. The van der Waals surface area contributed by atoms with Crippen molar-refractivity contribution in [1.82, 2.24) is 9.97 Å². The van der Waals surface area contributed by atoms with Gasteiger partial charge >= 0.3 is 0 Å². The Bertz CT molecular complexity index is 252. The third-order valence-electron chi connectivity index (χ3n) is 1.03. The summed E-state index contributed by atoms with van der Waals surface area (Å²) in [6.45, 7) is 0.988. The Morgan fingerprint density at radius 3 is 3.09 bits per heavy atom. The third-order valence-corrected chi connectivity index (χ3v) is 1.26. The minimum absolute atomic E-state index is 0.449. The van der Waals surface area contributed by atoms with Crippen LogP contribution in [-0.4, -0.2) is 23.1 Å². The van der Waals surface area contributed by atoms with Gasteiger partial charge in [0, 0.05) is 12.7 Å². The highest BCUT2D eigenvalue weighted by atomic mass is 32.1. The van der Waals surface area contributed by atoms with E-state index >= 15 is 0 Å². The van der Waals surface area contributed by atoms with E-state index in [4.69, 9.17) is 22.7 Å². The van der Waals surface area contributed by atoms with E-state index in [0.717, 1.165) is 0 Å². The van der Waals surface area contributed by atoms with E-state index in [1.165, 1.54) is 0 Å². The number of H-pyrrole nitrogens is 1. The van der Waals surface area contributed by atoms with Gasteiger partial charge < -0.3 is 15.5 Å². The molecule has 5 heteroatoms. The number of hydrogen-bond acceptors (Lipinski definition) is 4. The highest BCUT2D eigenvalue weighted by Gasteiger charge is 1.89. The van der Waals surface area contributed by atoms with E-state index in [2.05, 4.69) is 9.97 Å². The largest absolute Gasteiger partial charge is 0.489 e. The second-order valence-electron chi connectivity index (χ2n) is 1.89. The van der Waals surface area contributed by atoms with E-state index in [0.29, 0.717) is 23.7 Å². The van der Waals surface area contributed by atoms with E-state index < -0.39 is 0 Å². The molecular formula is C6H9N3OS. The van der Waals surface area contributed by atoms with Crippen LogP contribution in [0.25, 0.3) is 0 Å². The first-order valence-corrected chi connectivity index (χ1v) is 3.61. The molecule has 0 saturated heterocycles. The number of hydrogen-bond donors (Lipinski definition) is 2. The van der Waals surface area contributed by atoms with Gasteiger partial charge in [-0.25, -0.2) is 4.98 Å². The molecule has 0 radical (unpaired) electrons. The number of nitrogens with zero attached hydrogens (tertiary/aromatic N) is 1. The molecule has 0 aliphatic carbocycles. The molecule has 1 rings (SSSR count). The van der Waals surface area contributed by atoms with Crippen LogP contribution >= 0.6 is 12.2 Å². The molecule has 3 N–H and O–H groups in total. The van der Waals surface area contributed by atoms with Crippen LogP contribution in [0.4, 0.5) is 0 Å². The van der Waals surface area contributed by atoms with Crippen LogP contribution in [-0.2, 0) is 0 Å². The lowest BCUT2D eigenvalue weighted by Gasteiger charge is -2.01. The molecule has 1 aromatic heterocycles. The summed E-state index contributed by atoms with van der Waals surface area (Å²) in [5.74, 6) is 0.657. The van der Waals surface area contributed by atoms with Crippen LogP contribution in [0.3, 0.4) is 0 Å². The van der Waals surface area contributed by atoms with Crippen LogP contribution in [0, 0.1) is 4.77 Å². The van der Waals surface area contributed by atoms with E-state index in [-0.39, 0.29) is 0 Å². The van der Waals surface area contributed by atoms with Crippen molar-refractivity contribution in [3.05, 3.63) is 17.2 Å². The summed E-state index contributed by atoms with van der Waals surface area (Å²) in [4.78, 5) is 6.57. The molecule has 0 amide bonds. The summed E-state index contributed by atoms with van der Waals surface area (Å²) >= 11 is 4.74. The monoisotopic (exact) mass is 171 g/mol. The van der Waals surface area contributed by atoms with Crippen LogP contribution < -0.4 is 10.5 Å². The molecule has 4 nitrogen and oxygen atoms in total. The van der Waals surface area contributed by atoms with Crippen molar-refractivity contribution in [2.75, 3.05) is 13.2 Å². The Kier molecular flexibility index (Phi) is 3.00. The molecule has 60 valence electrons. The van der Waals surface area contributed by atoms with Gasteiger partial charge in [0.25, 0.3) is 0 Å². The number of rotatable bonds is 3. The minimum Gasteiger partial charge on any atom is -0.489 e. The zero-order valence-electron chi connectivity index (χ0n) is 5.91. The van der Waals surface area contributed by atoms with Gasteiger partial charge in [-0.05, 0) is 12.2 Å². The van der Waals surface area contributed by atoms with Gasteiger partial charge in [0.05, 0.1) is 6.20 Å². The first-order valence-electron chi connectivity index (χ1n) is 3.20. The topological polar surface area (TPSA) is 63.9 Å². The standard InChI is InChI=1S/C6H9N3OS/c7-1-2-10-5-3-8-6(11)9-4-5/h3-4H,1-2,7H2,(H,8,9,11). The van der Waals surface area contributed by atoms with Gasteiger partial charge in [-0.1, -0.05) is 0 Å². The molecule has 0 fully saturated rings. The average molecular weight is 171 g/mol. The fourth-order valence-electron chi connectivity index (χ4n) is 0.585. The third kappa shape index (κ3) is 2.65. The van der Waals surface area contributed by atoms with E-state index in [9.17, 15) is 0 Å². The molecule has 0 aromatic carbocycles. The molecule has 1 heterocycles. The maximum absolute atomic E-state index is 5.23. The Balaban J connectivity index is 2.59. The molecule has 11 heavy (non-hydrogen) atoms. The Morgan fingerprint density at radius 2 is 2.55 bits per heavy atom. The summed E-state index contributed by atoms with van der Waals surface area (Å²) in [5, 5.41) is 0. The fraction of sp³-hybridized carbons (Fsp3) is 0.333. The summed E-state index contributed by atoms with van der Waals surface area (Å²) in [7, 11) is 0. The average Bonchev–Trinajstić information content (AvgIpc) is 2.04. The SMILES string of the molecule is NCCOc1cnc(=S)[nH]c1. The minimum atomic E-state index is 0.449. The van der Waals surface area contributed by atoms with E-state index in [1.54, 1.807) is 12.4 Å². The van der Waals surface area contributed by atoms with Crippen molar-refractivity contribution in [3.8, 4) is 5.75 Å². The normalized spacial score (nSPS) is 9.55. The van der Waals surface area contributed by atoms with Gasteiger partial charge in [0.1, 0.15) is 6.61 Å². The molecule has 0 unspecified atom stereocenters. The fourth-order valence-corrected chi connectivity index (χ4v) is 0.697. The van der Waals surface area contributed by atoms with Crippen molar-refractivity contribution in [2.24, 2.45) is 5.73 Å². The lowest BCUT2D eigenvalue weighted by atomic mass is 10.6. The van der Waals surface area contributed by atoms with Gasteiger partial charge in [-0.15, -0.1) is 0 Å². The first-order chi connectivity index (χ1) is 5.33. The zero-order valence-corrected chi connectivity index (χ0v) is 6.73. The molecule has 1 aromatic rings. The molecule has 0 spiro atoms. The summed E-state index contributed by atoms with van der Waals surface area (Å²) in [6.07, 6.45) is 3.22. The molecule has 0 aliphatic heterocycles. The van der Waals surface area contributed by atoms with E-state index in [1.807, 2.05) is 0 Å². The Morgan fingerprint density at radius 1 is 1.73 bits per heavy atom. The molecule has 0 bridgehead atoms. The van der Waals surface area contributed by atoms with Crippen molar-refractivity contribution in [3.63, 3.8) is 0 Å². The van der Waals surface area contributed by atoms with Crippen LogP contribution in [0.15, 0.2) is 12.4 Å². The van der Waals surface area contributed by atoms with Crippen molar-refractivity contribution >= 4 is 12.2 Å². The van der Waals surface area contributed by atoms with Crippen LogP contribution in [0.2, 0.25) is 0 Å². The molecule has 0 atom stereocenters. The predicted octanol–water partition coefficient (Wildman–Crippen LogP) is 0.477. The van der Waals surface area contributed by atoms with Gasteiger partial charge in [-0.2, -0.15) is 0 Å². The number of nitrogens with one attached hydrogen (secondary N) is 1. The van der Waals surface area contributed by atoms with Crippen LogP contribution in [0.5, 0.6) is 5.75 Å². The summed E-state index contributed by atoms with van der Waals surface area (Å²) in [5.41, 5.74) is 5.23. The van der Waals surface area contributed by atoms with Gasteiger partial charge in [0.15, 0.2) is 10.5 Å². The Hall–Kier alpha value is -0.940. The summed E-state index contributed by atoms with van der Waals surface area (Å²) in [6, 6.07) is 0. The number of ether oxygens (including phenoxy) is 1. The maximum Gasteiger partial charge on any atom is 0.196 e. The summed E-state index contributed by atoms with van der Waals surface area (Å²) < 4.78 is 5.59. The quantitative estimate of drug-likeness (QED) is 0.649. The second-order valence-corrected chi connectivity index (χ2v) is 2.28. The Labute approximate surface area is 69.4 Å². The maximum atomic E-state index is 5.23. The van der Waals surface area contributed by atoms with Crippen molar-refractivity contribution in [1.29, 1.82) is 0 Å². The highest BCUT2D eigenvalue weighted by Crippen LogP contribution is 2.03. The number of aromatic amines is 1. The first kappa shape index (κ1) is 8.16. The van der Waals surface area contributed by atoms with Gasteiger partial charge in [0.2, 0.25) is 0 Å². The smallest absolute Gasteiger partial charge is 0.196 e. The highest BCUT2D eigenvalue weighted by molar-refractivity contribution is 7.71. The molecule has 0 aliphatic rings.